The summed E-state index contributed by atoms with van der Waals surface area (Å²) in [6.07, 6.45) is 5.73. The Hall–Kier alpha value is -3.26. The second-order valence-corrected chi connectivity index (χ2v) is 6.27. The van der Waals surface area contributed by atoms with Gasteiger partial charge in [-0.15, -0.1) is 0 Å². The maximum atomic E-state index is 5.92. The summed E-state index contributed by atoms with van der Waals surface area (Å²) in [5.74, 6) is 0. The van der Waals surface area contributed by atoms with Crippen molar-refractivity contribution in [3.8, 4) is 0 Å². The van der Waals surface area contributed by atoms with Crippen LogP contribution in [0.5, 0.6) is 0 Å². The largest absolute Gasteiger partial charge is 0.456 e. The van der Waals surface area contributed by atoms with Crippen molar-refractivity contribution in [2.45, 2.75) is 13.5 Å². The molecule has 0 saturated heterocycles. The van der Waals surface area contributed by atoms with E-state index in [1.54, 1.807) is 6.08 Å². The van der Waals surface area contributed by atoms with Crippen LogP contribution in [0.2, 0.25) is 0 Å². The van der Waals surface area contributed by atoms with Gasteiger partial charge in [0.1, 0.15) is 11.0 Å². The van der Waals surface area contributed by atoms with Crippen LogP contribution in [0.4, 0.5) is 5.69 Å². The molecule has 26 heavy (non-hydrogen) atoms. The highest BCUT2D eigenvalue weighted by Gasteiger charge is 2.05. The number of hydrogen-bond donors (Lipinski definition) is 1. The lowest BCUT2D eigenvalue weighted by Crippen LogP contribution is -2.18. The summed E-state index contributed by atoms with van der Waals surface area (Å²) in [6, 6.07) is 21.2. The molecule has 0 fully saturated rings. The van der Waals surface area contributed by atoms with Gasteiger partial charge in [-0.25, -0.2) is 0 Å². The van der Waals surface area contributed by atoms with Crippen molar-refractivity contribution < 1.29 is 4.42 Å². The van der Waals surface area contributed by atoms with Crippen LogP contribution in [0, 0.1) is 0 Å². The lowest BCUT2D eigenvalue weighted by Gasteiger charge is -2.09. The van der Waals surface area contributed by atoms with Gasteiger partial charge in [-0.3, -0.25) is 0 Å². The molecular weight excluding hydrogens is 318 g/mol. The molecule has 3 aromatic carbocycles. The quantitative estimate of drug-likeness (QED) is 0.568. The first kappa shape index (κ1) is 16.2. The number of furan rings is 1. The van der Waals surface area contributed by atoms with Crippen LogP contribution in [0.3, 0.4) is 0 Å². The molecule has 0 aliphatic rings. The third-order valence-corrected chi connectivity index (χ3v) is 4.68. The lowest BCUT2D eigenvalue weighted by molar-refractivity contribution is 0.575. The minimum atomic E-state index is 0.779. The molecule has 4 rings (SSSR count). The average Bonchev–Trinajstić information content (AvgIpc) is 3.03. The Kier molecular flexibility index (Phi) is 4.32. The zero-order chi connectivity index (χ0) is 17.9. The Morgan fingerprint density at radius 1 is 1.00 bits per heavy atom. The number of benzene rings is 3. The Morgan fingerprint density at radius 3 is 2.69 bits per heavy atom. The zero-order valence-electron chi connectivity index (χ0n) is 14.8. The number of allylic oxidation sites excluding steroid dienone is 1. The maximum absolute atomic E-state index is 5.92. The van der Waals surface area contributed by atoms with E-state index in [0.29, 0.717) is 0 Å². The molecule has 0 aliphatic carbocycles. The summed E-state index contributed by atoms with van der Waals surface area (Å²) in [5, 5.41) is 8.33. The summed E-state index contributed by atoms with van der Waals surface area (Å²) in [7, 11) is 0. The molecule has 2 heteroatoms. The molecule has 0 spiro atoms. The summed E-state index contributed by atoms with van der Waals surface area (Å²) in [6.45, 7) is 6.57. The van der Waals surface area contributed by atoms with E-state index in [4.69, 9.17) is 4.42 Å². The molecule has 128 valence electrons. The molecule has 1 heterocycles. The molecule has 0 unspecified atom stereocenters. The van der Waals surface area contributed by atoms with E-state index in [9.17, 15) is 0 Å². The normalized spacial score (nSPS) is 12.8. The SMILES string of the molecule is C=C/C=c1/oc2ccc(NCc3cccc4ccccc34)cc2/c1=C/C. The molecule has 1 N–H and O–H groups in total. The molecule has 0 saturated carbocycles. The standard InChI is InChI=1S/C24H21NO/c1-3-8-23-20(4-2)22-15-19(13-14-24(22)26-23)25-16-18-11-7-10-17-9-5-6-12-21(17)18/h3-15,25H,1,16H2,2H3/b20-4-,23-8+. The fourth-order valence-electron chi connectivity index (χ4n) is 3.42. The second kappa shape index (κ2) is 6.93. The Balaban J connectivity index is 1.69. The van der Waals surface area contributed by atoms with Gasteiger partial charge >= 0.3 is 0 Å². The van der Waals surface area contributed by atoms with Crippen LogP contribution in [0.1, 0.15) is 12.5 Å². The van der Waals surface area contributed by atoms with Crippen LogP contribution >= 0.6 is 0 Å². The van der Waals surface area contributed by atoms with Crippen molar-refractivity contribution in [3.63, 3.8) is 0 Å². The number of anilines is 1. The molecule has 0 bridgehead atoms. The van der Waals surface area contributed by atoms with Gasteiger partial charge in [0.05, 0.1) is 0 Å². The molecule has 0 aliphatic heterocycles. The van der Waals surface area contributed by atoms with Crippen LogP contribution in [0.25, 0.3) is 33.9 Å². The Labute approximate surface area is 152 Å². The van der Waals surface area contributed by atoms with Gasteiger partial charge in [0.2, 0.25) is 0 Å². The van der Waals surface area contributed by atoms with E-state index in [1.165, 1.54) is 16.3 Å². The predicted octanol–water partition coefficient (Wildman–Crippen LogP) is 4.97. The monoisotopic (exact) mass is 339 g/mol. The highest BCUT2D eigenvalue weighted by molar-refractivity contribution is 5.86. The minimum absolute atomic E-state index is 0.779. The third kappa shape index (κ3) is 2.91. The molecule has 0 atom stereocenters. The molecular formula is C24H21NO. The van der Waals surface area contributed by atoms with E-state index in [-0.39, 0.29) is 0 Å². The lowest BCUT2D eigenvalue weighted by atomic mass is 10.0. The van der Waals surface area contributed by atoms with Gasteiger partial charge in [-0.1, -0.05) is 61.2 Å². The van der Waals surface area contributed by atoms with E-state index >= 15 is 0 Å². The Morgan fingerprint density at radius 2 is 1.85 bits per heavy atom. The Bertz CT molecular complexity index is 1210. The van der Waals surface area contributed by atoms with Crippen LogP contribution in [-0.2, 0) is 6.54 Å². The summed E-state index contributed by atoms with van der Waals surface area (Å²) in [4.78, 5) is 0. The highest BCUT2D eigenvalue weighted by atomic mass is 16.3. The third-order valence-electron chi connectivity index (χ3n) is 4.68. The van der Waals surface area contributed by atoms with Gasteiger partial charge < -0.3 is 9.73 Å². The van der Waals surface area contributed by atoms with Gasteiger partial charge in [0.25, 0.3) is 0 Å². The molecule has 4 aromatic rings. The van der Waals surface area contributed by atoms with Crippen LogP contribution in [0.15, 0.2) is 77.7 Å². The maximum Gasteiger partial charge on any atom is 0.135 e. The molecule has 1 aromatic heterocycles. The van der Waals surface area contributed by atoms with Crippen molar-refractivity contribution >= 4 is 39.6 Å². The van der Waals surface area contributed by atoms with Crippen molar-refractivity contribution in [3.05, 3.63) is 89.5 Å². The fraction of sp³-hybridized carbons (Fsp3) is 0.0833. The van der Waals surface area contributed by atoms with Crippen LogP contribution in [-0.4, -0.2) is 0 Å². The van der Waals surface area contributed by atoms with Gasteiger partial charge in [0.15, 0.2) is 0 Å². The minimum Gasteiger partial charge on any atom is -0.456 e. The number of rotatable bonds is 4. The second-order valence-electron chi connectivity index (χ2n) is 6.27. The van der Waals surface area contributed by atoms with Crippen molar-refractivity contribution in [1.29, 1.82) is 0 Å². The number of fused-ring (bicyclic) bond motifs is 2. The summed E-state index contributed by atoms with van der Waals surface area (Å²) < 4.78 is 5.92. The van der Waals surface area contributed by atoms with Crippen molar-refractivity contribution in [1.82, 2.24) is 0 Å². The highest BCUT2D eigenvalue weighted by Crippen LogP contribution is 2.21. The zero-order valence-corrected chi connectivity index (χ0v) is 14.8. The summed E-state index contributed by atoms with van der Waals surface area (Å²) >= 11 is 0. The molecule has 0 radical (unpaired) electrons. The van der Waals surface area contributed by atoms with Gasteiger partial charge in [-0.05, 0) is 47.5 Å². The van der Waals surface area contributed by atoms with Gasteiger partial charge in [0, 0.05) is 22.8 Å². The van der Waals surface area contributed by atoms with E-state index < -0.39 is 0 Å². The van der Waals surface area contributed by atoms with Crippen molar-refractivity contribution in [2.75, 3.05) is 5.32 Å². The fourth-order valence-corrected chi connectivity index (χ4v) is 3.42. The smallest absolute Gasteiger partial charge is 0.135 e. The number of hydrogen-bond acceptors (Lipinski definition) is 2. The first-order chi connectivity index (χ1) is 12.8. The molecule has 0 amide bonds. The first-order valence-electron chi connectivity index (χ1n) is 8.82. The van der Waals surface area contributed by atoms with Crippen LogP contribution < -0.4 is 16.0 Å². The number of nitrogens with one attached hydrogen (secondary N) is 1. The van der Waals surface area contributed by atoms with Gasteiger partial charge in [-0.2, -0.15) is 0 Å². The van der Waals surface area contributed by atoms with E-state index in [1.807, 2.05) is 19.1 Å². The average molecular weight is 339 g/mol. The van der Waals surface area contributed by atoms with Crippen molar-refractivity contribution in [2.24, 2.45) is 0 Å². The first-order valence-corrected chi connectivity index (χ1v) is 8.82. The van der Waals surface area contributed by atoms with E-state index in [2.05, 4.69) is 72.6 Å². The van der Waals surface area contributed by atoms with E-state index in [0.717, 1.165) is 33.8 Å². The summed E-state index contributed by atoms with van der Waals surface area (Å²) in [5.41, 5.74) is 4.11. The molecule has 2 nitrogen and oxygen atoms in total. The topological polar surface area (TPSA) is 25.2 Å². The predicted molar refractivity (Wildman–Crippen MR) is 112 cm³/mol.